The molecule has 1 aliphatic carbocycles. The van der Waals surface area contributed by atoms with Crippen LogP contribution in [0.1, 0.15) is 43.2 Å². The molecular formula is C16H21BrO4. The summed E-state index contributed by atoms with van der Waals surface area (Å²) in [6, 6.07) is 1.81. The van der Waals surface area contributed by atoms with Gasteiger partial charge in [0.25, 0.3) is 0 Å². The fraction of sp³-hybridized carbons (Fsp3) is 0.562. The van der Waals surface area contributed by atoms with Crippen molar-refractivity contribution >= 4 is 21.9 Å². The van der Waals surface area contributed by atoms with E-state index in [9.17, 15) is 9.90 Å². The molecule has 2 rings (SSSR count). The van der Waals surface area contributed by atoms with Crippen LogP contribution in [-0.2, 0) is 10.2 Å². The molecule has 0 heterocycles. The number of hydrogen-bond acceptors (Lipinski definition) is 3. The predicted octanol–water partition coefficient (Wildman–Crippen LogP) is 4.06. The summed E-state index contributed by atoms with van der Waals surface area (Å²) in [5.41, 5.74) is 0.834. The quantitative estimate of drug-likeness (QED) is 0.883. The van der Waals surface area contributed by atoms with E-state index in [4.69, 9.17) is 9.47 Å². The van der Waals surface area contributed by atoms with Gasteiger partial charge in [-0.15, -0.1) is 0 Å². The lowest BCUT2D eigenvalue weighted by Gasteiger charge is -2.36. The molecule has 1 aromatic rings. The highest BCUT2D eigenvalue weighted by Crippen LogP contribution is 2.48. The van der Waals surface area contributed by atoms with Gasteiger partial charge in [0.1, 0.15) is 0 Å². The van der Waals surface area contributed by atoms with Crippen LogP contribution in [0.15, 0.2) is 10.5 Å². The van der Waals surface area contributed by atoms with E-state index in [-0.39, 0.29) is 0 Å². The fourth-order valence-corrected chi connectivity index (χ4v) is 4.33. The van der Waals surface area contributed by atoms with Gasteiger partial charge < -0.3 is 14.6 Å². The second-order valence-electron chi connectivity index (χ2n) is 5.54. The number of carboxylic acid groups (broad SMARTS) is 1. The molecule has 0 radical (unpaired) electrons. The van der Waals surface area contributed by atoms with E-state index in [2.05, 4.69) is 15.9 Å². The van der Waals surface area contributed by atoms with E-state index < -0.39 is 11.4 Å². The molecule has 0 saturated heterocycles. The van der Waals surface area contributed by atoms with E-state index in [1.807, 2.05) is 6.92 Å². The second-order valence-corrected chi connectivity index (χ2v) is 6.40. The zero-order valence-electron chi connectivity index (χ0n) is 12.7. The Morgan fingerprint density at radius 1 is 1.24 bits per heavy atom. The van der Waals surface area contributed by atoms with E-state index >= 15 is 0 Å². The number of halogens is 1. The molecule has 0 aromatic heterocycles. The van der Waals surface area contributed by atoms with Crippen molar-refractivity contribution in [3.8, 4) is 11.5 Å². The Balaban J connectivity index is 2.69. The van der Waals surface area contributed by atoms with Crippen LogP contribution in [0.5, 0.6) is 11.5 Å². The molecule has 1 N–H and O–H groups in total. The maximum absolute atomic E-state index is 12.0. The Morgan fingerprint density at radius 2 is 1.86 bits per heavy atom. The van der Waals surface area contributed by atoms with Gasteiger partial charge in [0, 0.05) is 10.0 Å². The van der Waals surface area contributed by atoms with Gasteiger partial charge in [-0.25, -0.2) is 0 Å². The number of ether oxygens (including phenoxy) is 2. The minimum atomic E-state index is -0.833. The number of carboxylic acids is 1. The average Bonchev–Trinajstić information content (AvgIpc) is 2.47. The lowest BCUT2D eigenvalue weighted by Crippen LogP contribution is -2.39. The highest BCUT2D eigenvalue weighted by molar-refractivity contribution is 9.10. The zero-order chi connectivity index (χ0) is 15.6. The Hall–Kier alpha value is -1.23. The Labute approximate surface area is 133 Å². The minimum absolute atomic E-state index is 0.613. The Morgan fingerprint density at radius 3 is 2.33 bits per heavy atom. The summed E-state index contributed by atoms with van der Waals surface area (Å²) < 4.78 is 11.6. The summed E-state index contributed by atoms with van der Waals surface area (Å²) in [6.07, 6.45) is 4.30. The molecule has 0 aliphatic heterocycles. The van der Waals surface area contributed by atoms with Gasteiger partial charge in [0.15, 0.2) is 11.5 Å². The van der Waals surface area contributed by atoms with Crippen LogP contribution in [-0.4, -0.2) is 25.3 Å². The van der Waals surface area contributed by atoms with Crippen molar-refractivity contribution in [1.82, 2.24) is 0 Å². The third kappa shape index (κ3) is 2.63. The number of carbonyl (C=O) groups is 1. The van der Waals surface area contributed by atoms with Crippen LogP contribution in [0.2, 0.25) is 0 Å². The summed E-state index contributed by atoms with van der Waals surface area (Å²) in [5, 5.41) is 9.89. The maximum Gasteiger partial charge on any atom is 0.314 e. The molecular weight excluding hydrogens is 336 g/mol. The molecule has 0 unspecified atom stereocenters. The highest BCUT2D eigenvalue weighted by Gasteiger charge is 2.44. The summed E-state index contributed by atoms with van der Waals surface area (Å²) in [5.74, 6) is 0.474. The van der Waals surface area contributed by atoms with Crippen molar-refractivity contribution < 1.29 is 19.4 Å². The van der Waals surface area contributed by atoms with Crippen LogP contribution in [0, 0.1) is 6.92 Å². The van der Waals surface area contributed by atoms with Gasteiger partial charge in [-0.2, -0.15) is 0 Å². The first kappa shape index (κ1) is 16.1. The van der Waals surface area contributed by atoms with E-state index in [0.717, 1.165) is 34.9 Å². The van der Waals surface area contributed by atoms with Crippen molar-refractivity contribution in [1.29, 1.82) is 0 Å². The fourth-order valence-electron chi connectivity index (χ4n) is 3.45. The average molecular weight is 357 g/mol. The first-order valence-electron chi connectivity index (χ1n) is 7.13. The number of methoxy groups -OCH3 is 2. The Kier molecular flexibility index (Phi) is 4.81. The van der Waals surface area contributed by atoms with E-state index in [0.29, 0.717) is 24.3 Å². The molecule has 0 spiro atoms. The number of hydrogen-bond donors (Lipinski definition) is 1. The number of benzene rings is 1. The van der Waals surface area contributed by atoms with Crippen molar-refractivity contribution in [2.45, 2.75) is 44.4 Å². The van der Waals surface area contributed by atoms with Crippen LogP contribution in [0.25, 0.3) is 0 Å². The first-order chi connectivity index (χ1) is 9.97. The summed E-state index contributed by atoms with van der Waals surface area (Å²) in [4.78, 5) is 12.0. The topological polar surface area (TPSA) is 55.8 Å². The summed E-state index contributed by atoms with van der Waals surface area (Å²) in [7, 11) is 3.16. The number of rotatable bonds is 4. The monoisotopic (exact) mass is 356 g/mol. The predicted molar refractivity (Wildman–Crippen MR) is 84.4 cm³/mol. The summed E-state index contributed by atoms with van der Waals surface area (Å²) >= 11 is 3.54. The van der Waals surface area contributed by atoms with Crippen LogP contribution < -0.4 is 9.47 Å². The summed E-state index contributed by atoms with van der Waals surface area (Å²) in [6.45, 7) is 1.90. The first-order valence-corrected chi connectivity index (χ1v) is 7.92. The SMILES string of the molecule is COc1cc(Br)c(C2(C(=O)O)CCCCC2)c(C)c1OC. The second kappa shape index (κ2) is 6.26. The molecule has 0 atom stereocenters. The smallest absolute Gasteiger partial charge is 0.314 e. The lowest BCUT2D eigenvalue weighted by atomic mass is 9.68. The molecule has 116 valence electrons. The highest BCUT2D eigenvalue weighted by atomic mass is 79.9. The standard InChI is InChI=1S/C16H21BrO4/c1-10-13(11(17)9-12(20-2)14(10)21-3)16(15(18)19)7-5-4-6-8-16/h9H,4-8H2,1-3H3,(H,18,19). The largest absolute Gasteiger partial charge is 0.493 e. The third-order valence-corrected chi connectivity index (χ3v) is 5.08. The lowest BCUT2D eigenvalue weighted by molar-refractivity contribution is -0.145. The zero-order valence-corrected chi connectivity index (χ0v) is 14.2. The van der Waals surface area contributed by atoms with Gasteiger partial charge in [-0.05, 0) is 31.4 Å². The molecule has 1 saturated carbocycles. The van der Waals surface area contributed by atoms with Crippen molar-refractivity contribution in [3.05, 3.63) is 21.7 Å². The van der Waals surface area contributed by atoms with Crippen LogP contribution >= 0.6 is 15.9 Å². The molecule has 1 aliphatic rings. The molecule has 5 heteroatoms. The molecule has 0 bridgehead atoms. The van der Waals surface area contributed by atoms with Crippen LogP contribution in [0.4, 0.5) is 0 Å². The normalized spacial score (nSPS) is 17.3. The molecule has 21 heavy (non-hydrogen) atoms. The van der Waals surface area contributed by atoms with Gasteiger partial charge in [0.2, 0.25) is 0 Å². The van der Waals surface area contributed by atoms with Crippen molar-refractivity contribution in [2.24, 2.45) is 0 Å². The number of aliphatic carboxylic acids is 1. The molecule has 1 aromatic carbocycles. The third-order valence-electron chi connectivity index (χ3n) is 4.46. The van der Waals surface area contributed by atoms with E-state index in [1.54, 1.807) is 20.3 Å². The van der Waals surface area contributed by atoms with Gasteiger partial charge in [-0.3, -0.25) is 4.79 Å². The van der Waals surface area contributed by atoms with Crippen LogP contribution in [0.3, 0.4) is 0 Å². The molecule has 4 nitrogen and oxygen atoms in total. The molecule has 1 fully saturated rings. The Bertz CT molecular complexity index is 548. The van der Waals surface area contributed by atoms with Gasteiger partial charge in [-0.1, -0.05) is 35.2 Å². The van der Waals surface area contributed by atoms with E-state index in [1.165, 1.54) is 0 Å². The van der Waals surface area contributed by atoms with Gasteiger partial charge in [0.05, 0.1) is 19.6 Å². The van der Waals surface area contributed by atoms with Crippen molar-refractivity contribution in [3.63, 3.8) is 0 Å². The molecule has 0 amide bonds. The minimum Gasteiger partial charge on any atom is -0.493 e. The van der Waals surface area contributed by atoms with Crippen molar-refractivity contribution in [2.75, 3.05) is 14.2 Å². The maximum atomic E-state index is 12.0. The van der Waals surface area contributed by atoms with Gasteiger partial charge >= 0.3 is 5.97 Å².